The van der Waals surface area contributed by atoms with Crippen LogP contribution >= 0.6 is 11.6 Å². The highest BCUT2D eigenvalue weighted by Crippen LogP contribution is 2.15. The van der Waals surface area contributed by atoms with Gasteiger partial charge in [-0.25, -0.2) is 9.97 Å². The third-order valence-corrected chi connectivity index (χ3v) is 2.40. The van der Waals surface area contributed by atoms with E-state index in [-0.39, 0.29) is 12.1 Å². The lowest BCUT2D eigenvalue weighted by molar-refractivity contribution is 0.720. The summed E-state index contributed by atoms with van der Waals surface area (Å²) >= 11 is 5.94. The van der Waals surface area contributed by atoms with Crippen LogP contribution in [0.1, 0.15) is 5.69 Å². The highest BCUT2D eigenvalue weighted by molar-refractivity contribution is 6.31. The largest absolute Gasteiger partial charge is 0.384 e. The molecule has 0 atom stereocenters. The van der Waals surface area contributed by atoms with Crippen molar-refractivity contribution >= 4 is 17.4 Å². The summed E-state index contributed by atoms with van der Waals surface area (Å²) in [6.07, 6.45) is 2.87. The molecule has 0 aromatic carbocycles. The van der Waals surface area contributed by atoms with Crippen LogP contribution in [0.3, 0.4) is 0 Å². The van der Waals surface area contributed by atoms with Gasteiger partial charge in [0.05, 0.1) is 23.6 Å². The maximum Gasteiger partial charge on any atom is 0.253 e. The number of halogens is 1. The van der Waals surface area contributed by atoms with E-state index in [1.54, 1.807) is 12.1 Å². The Morgan fingerprint density at radius 3 is 2.94 bits per heavy atom. The van der Waals surface area contributed by atoms with E-state index in [0.717, 1.165) is 0 Å². The molecule has 0 saturated heterocycles. The molecule has 0 amide bonds. The van der Waals surface area contributed by atoms with Crippen LogP contribution in [0, 0.1) is 0 Å². The molecule has 0 aliphatic rings. The molecule has 0 spiro atoms. The fraction of sp³-hybridized carbons (Fsp3) is 0.100. The zero-order valence-electron chi connectivity index (χ0n) is 8.30. The summed E-state index contributed by atoms with van der Waals surface area (Å²) in [6, 6.07) is 4.64. The molecule has 2 N–H and O–H groups in total. The molecule has 2 rings (SSSR count). The molecule has 0 saturated carbocycles. The fourth-order valence-electron chi connectivity index (χ4n) is 1.27. The SMILES string of the molecule is Nc1ccc(Cl)c(Cn2cnccc2=O)n1. The normalized spacial score (nSPS) is 10.3. The van der Waals surface area contributed by atoms with Crippen LogP contribution in [0.4, 0.5) is 5.82 Å². The molecule has 6 heteroatoms. The van der Waals surface area contributed by atoms with Gasteiger partial charge in [-0.3, -0.25) is 9.36 Å². The third-order valence-electron chi connectivity index (χ3n) is 2.05. The van der Waals surface area contributed by atoms with Gasteiger partial charge < -0.3 is 5.73 Å². The first-order chi connectivity index (χ1) is 7.66. The van der Waals surface area contributed by atoms with Gasteiger partial charge in [0.15, 0.2) is 0 Å². The number of hydrogen-bond acceptors (Lipinski definition) is 4. The van der Waals surface area contributed by atoms with E-state index >= 15 is 0 Å². The first-order valence-corrected chi connectivity index (χ1v) is 4.96. The Hall–Kier alpha value is -1.88. The summed E-state index contributed by atoms with van der Waals surface area (Å²) in [7, 11) is 0. The number of nitrogens with two attached hydrogens (primary N) is 1. The predicted molar refractivity (Wildman–Crippen MR) is 61.3 cm³/mol. The van der Waals surface area contributed by atoms with E-state index in [4.69, 9.17) is 17.3 Å². The van der Waals surface area contributed by atoms with Crippen LogP contribution in [0.2, 0.25) is 5.02 Å². The molecular formula is C10H9ClN4O. The molecular weight excluding hydrogens is 228 g/mol. The summed E-state index contributed by atoms with van der Waals surface area (Å²) in [4.78, 5) is 19.4. The Kier molecular flexibility index (Phi) is 2.87. The van der Waals surface area contributed by atoms with Crippen molar-refractivity contribution in [3.8, 4) is 0 Å². The molecule has 16 heavy (non-hydrogen) atoms. The van der Waals surface area contributed by atoms with Gasteiger partial charge >= 0.3 is 0 Å². The van der Waals surface area contributed by atoms with Crippen LogP contribution in [0.5, 0.6) is 0 Å². The highest BCUT2D eigenvalue weighted by atomic mass is 35.5. The number of nitrogen functional groups attached to an aromatic ring is 1. The molecule has 0 unspecified atom stereocenters. The maximum absolute atomic E-state index is 11.4. The minimum Gasteiger partial charge on any atom is -0.384 e. The van der Waals surface area contributed by atoms with Crippen molar-refractivity contribution in [3.05, 3.63) is 51.8 Å². The minimum absolute atomic E-state index is 0.157. The lowest BCUT2D eigenvalue weighted by Gasteiger charge is -2.06. The number of rotatable bonds is 2. The van der Waals surface area contributed by atoms with Crippen LogP contribution in [0.15, 0.2) is 35.5 Å². The predicted octanol–water partition coefficient (Wildman–Crippen LogP) is 0.922. The summed E-state index contributed by atoms with van der Waals surface area (Å²) in [5, 5.41) is 0.477. The second-order valence-corrected chi connectivity index (χ2v) is 3.62. The first-order valence-electron chi connectivity index (χ1n) is 4.58. The zero-order valence-corrected chi connectivity index (χ0v) is 9.05. The topological polar surface area (TPSA) is 73.8 Å². The third kappa shape index (κ3) is 2.20. The lowest BCUT2D eigenvalue weighted by atomic mass is 10.3. The van der Waals surface area contributed by atoms with E-state index in [1.165, 1.54) is 23.2 Å². The Morgan fingerprint density at radius 1 is 1.38 bits per heavy atom. The van der Waals surface area contributed by atoms with E-state index in [0.29, 0.717) is 16.5 Å². The molecule has 0 aliphatic heterocycles. The van der Waals surface area contributed by atoms with Crippen molar-refractivity contribution in [1.29, 1.82) is 0 Å². The van der Waals surface area contributed by atoms with Crippen LogP contribution in [-0.2, 0) is 6.54 Å². The molecule has 0 fully saturated rings. The van der Waals surface area contributed by atoms with Crippen LogP contribution in [0.25, 0.3) is 0 Å². The van der Waals surface area contributed by atoms with Crippen molar-refractivity contribution in [2.75, 3.05) is 5.73 Å². The Balaban J connectivity index is 2.38. The molecule has 82 valence electrons. The van der Waals surface area contributed by atoms with Crippen molar-refractivity contribution < 1.29 is 0 Å². The van der Waals surface area contributed by atoms with Gasteiger partial charge in [-0.2, -0.15) is 0 Å². The van der Waals surface area contributed by atoms with Gasteiger partial charge in [0.1, 0.15) is 5.82 Å². The number of nitrogens with zero attached hydrogens (tertiary/aromatic N) is 3. The second-order valence-electron chi connectivity index (χ2n) is 3.21. The van der Waals surface area contributed by atoms with Gasteiger partial charge in [-0.15, -0.1) is 0 Å². The van der Waals surface area contributed by atoms with Crippen molar-refractivity contribution in [2.24, 2.45) is 0 Å². The zero-order chi connectivity index (χ0) is 11.5. The van der Waals surface area contributed by atoms with Crippen molar-refractivity contribution in [2.45, 2.75) is 6.54 Å². The molecule has 0 radical (unpaired) electrons. The number of hydrogen-bond donors (Lipinski definition) is 1. The summed E-state index contributed by atoms with van der Waals surface area (Å²) in [6.45, 7) is 0.260. The van der Waals surface area contributed by atoms with Crippen LogP contribution in [-0.4, -0.2) is 14.5 Å². The van der Waals surface area contributed by atoms with Gasteiger partial charge in [0.25, 0.3) is 5.56 Å². The van der Waals surface area contributed by atoms with Gasteiger partial charge in [0.2, 0.25) is 0 Å². The summed E-state index contributed by atoms with van der Waals surface area (Å²) in [5.41, 5.74) is 5.94. The maximum atomic E-state index is 11.4. The molecule has 0 aliphatic carbocycles. The smallest absolute Gasteiger partial charge is 0.253 e. The molecule has 5 nitrogen and oxygen atoms in total. The van der Waals surface area contributed by atoms with E-state index in [9.17, 15) is 4.79 Å². The Labute approximate surface area is 96.5 Å². The fourth-order valence-corrected chi connectivity index (χ4v) is 1.44. The first kappa shape index (κ1) is 10.6. The van der Waals surface area contributed by atoms with Crippen molar-refractivity contribution in [1.82, 2.24) is 14.5 Å². The second kappa shape index (κ2) is 4.32. The number of pyridine rings is 1. The minimum atomic E-state index is -0.157. The Morgan fingerprint density at radius 2 is 2.19 bits per heavy atom. The summed E-state index contributed by atoms with van der Waals surface area (Å²) in [5.74, 6) is 0.372. The molecule has 2 aromatic heterocycles. The van der Waals surface area contributed by atoms with Gasteiger partial charge in [0, 0.05) is 12.3 Å². The van der Waals surface area contributed by atoms with E-state index in [2.05, 4.69) is 9.97 Å². The lowest BCUT2D eigenvalue weighted by Crippen LogP contribution is -2.20. The highest BCUT2D eigenvalue weighted by Gasteiger charge is 2.04. The van der Waals surface area contributed by atoms with Crippen molar-refractivity contribution in [3.63, 3.8) is 0 Å². The van der Waals surface area contributed by atoms with E-state index < -0.39 is 0 Å². The quantitative estimate of drug-likeness (QED) is 0.842. The monoisotopic (exact) mass is 236 g/mol. The van der Waals surface area contributed by atoms with E-state index in [1.807, 2.05) is 0 Å². The average molecular weight is 237 g/mol. The summed E-state index contributed by atoms with van der Waals surface area (Å²) < 4.78 is 1.41. The Bertz CT molecular complexity index is 567. The standard InChI is InChI=1S/C10H9ClN4O/c11-7-1-2-9(12)14-8(7)5-15-6-13-4-3-10(15)16/h1-4,6H,5H2,(H2,12,14). The van der Waals surface area contributed by atoms with Gasteiger partial charge in [-0.1, -0.05) is 11.6 Å². The number of anilines is 1. The molecule has 2 heterocycles. The van der Waals surface area contributed by atoms with Crippen LogP contribution < -0.4 is 11.3 Å². The average Bonchev–Trinajstić information content (AvgIpc) is 2.27. The molecule has 2 aromatic rings. The number of aromatic nitrogens is 3. The molecule has 0 bridgehead atoms. The van der Waals surface area contributed by atoms with Gasteiger partial charge in [-0.05, 0) is 12.1 Å².